The number of nitrogens with one attached hydrogen (secondary N) is 1. The van der Waals surface area contributed by atoms with E-state index < -0.39 is 10.0 Å². The van der Waals surface area contributed by atoms with Gasteiger partial charge in [0.2, 0.25) is 10.0 Å². The van der Waals surface area contributed by atoms with Gasteiger partial charge in [0.1, 0.15) is 5.69 Å². The molecule has 0 bridgehead atoms. The summed E-state index contributed by atoms with van der Waals surface area (Å²) in [6, 6.07) is 11.6. The lowest BCUT2D eigenvalue weighted by Crippen LogP contribution is -2.38. The first-order valence-electron chi connectivity index (χ1n) is 9.40. The molecule has 1 aromatic carbocycles. The van der Waals surface area contributed by atoms with Crippen LogP contribution in [0.4, 0.5) is 0 Å². The molecule has 1 aromatic heterocycles. The monoisotopic (exact) mass is 387 g/mol. The zero-order valence-electron chi connectivity index (χ0n) is 15.6. The van der Waals surface area contributed by atoms with Gasteiger partial charge in [-0.3, -0.25) is 4.79 Å². The summed E-state index contributed by atoms with van der Waals surface area (Å²) in [7, 11) is -3.21. The Morgan fingerprint density at radius 1 is 1.15 bits per heavy atom. The van der Waals surface area contributed by atoms with Crippen LogP contribution in [-0.4, -0.2) is 53.9 Å². The molecule has 0 unspecified atom stereocenters. The first-order chi connectivity index (χ1) is 12.9. The average molecular weight is 388 g/mol. The fraction of sp³-hybridized carbons (Fsp3) is 0.450. The van der Waals surface area contributed by atoms with Crippen LogP contribution in [0.25, 0.3) is 0 Å². The number of hydrogen-bond acceptors (Lipinski definition) is 3. The summed E-state index contributed by atoms with van der Waals surface area (Å²) in [4.78, 5) is 18.1. The molecular formula is C20H25N3O3S. The number of hydrogen-bond donors (Lipinski definition) is 1. The van der Waals surface area contributed by atoms with Crippen LogP contribution in [-0.2, 0) is 10.0 Å². The smallest absolute Gasteiger partial charge is 0.270 e. The Labute approximate surface area is 160 Å². The lowest BCUT2D eigenvalue weighted by Gasteiger charge is -2.30. The number of benzene rings is 1. The van der Waals surface area contributed by atoms with Crippen molar-refractivity contribution < 1.29 is 13.2 Å². The second kappa shape index (κ2) is 6.80. The van der Waals surface area contributed by atoms with Gasteiger partial charge in [-0.2, -0.15) is 0 Å². The lowest BCUT2D eigenvalue weighted by atomic mass is 9.87. The highest BCUT2D eigenvalue weighted by Crippen LogP contribution is 2.46. The maximum absolute atomic E-state index is 13.1. The Hall–Kier alpha value is -2.12. The van der Waals surface area contributed by atoms with E-state index in [0.717, 1.165) is 11.1 Å². The van der Waals surface area contributed by atoms with Crippen LogP contribution in [0.3, 0.4) is 0 Å². The minimum absolute atomic E-state index is 0.0208. The molecule has 3 heterocycles. The highest BCUT2D eigenvalue weighted by Gasteiger charge is 2.51. The van der Waals surface area contributed by atoms with Crippen LogP contribution in [0.2, 0.25) is 0 Å². The van der Waals surface area contributed by atoms with Crippen LogP contribution in [0.1, 0.15) is 34.6 Å². The number of carbonyl (C=O) groups excluding carboxylic acids is 1. The lowest BCUT2D eigenvalue weighted by molar-refractivity contribution is 0.0703. The predicted molar refractivity (Wildman–Crippen MR) is 104 cm³/mol. The van der Waals surface area contributed by atoms with E-state index in [1.807, 2.05) is 23.1 Å². The van der Waals surface area contributed by atoms with Crippen molar-refractivity contribution >= 4 is 15.9 Å². The summed E-state index contributed by atoms with van der Waals surface area (Å²) >= 11 is 0. The molecule has 144 valence electrons. The first-order valence-corrected chi connectivity index (χ1v) is 11.0. The molecule has 7 heteroatoms. The Morgan fingerprint density at radius 3 is 2.59 bits per heavy atom. The van der Waals surface area contributed by atoms with Gasteiger partial charge < -0.3 is 9.88 Å². The summed E-state index contributed by atoms with van der Waals surface area (Å²) < 4.78 is 26.4. The van der Waals surface area contributed by atoms with Crippen molar-refractivity contribution in [1.29, 1.82) is 0 Å². The highest BCUT2D eigenvalue weighted by molar-refractivity contribution is 7.89. The second-order valence-electron chi connectivity index (χ2n) is 7.48. The Morgan fingerprint density at radius 2 is 1.93 bits per heavy atom. The number of likely N-dealkylation sites (tertiary alicyclic amines) is 1. The van der Waals surface area contributed by atoms with Crippen molar-refractivity contribution in [2.45, 2.75) is 19.9 Å². The maximum atomic E-state index is 13.1. The van der Waals surface area contributed by atoms with Crippen LogP contribution in [0.5, 0.6) is 0 Å². The summed E-state index contributed by atoms with van der Waals surface area (Å²) in [5.41, 5.74) is 2.82. The number of H-pyrrole nitrogens is 1. The molecule has 6 nitrogen and oxygen atoms in total. The summed E-state index contributed by atoms with van der Waals surface area (Å²) in [6.07, 6.45) is 1.75. The van der Waals surface area contributed by atoms with Crippen molar-refractivity contribution in [3.05, 3.63) is 59.4 Å². The summed E-state index contributed by atoms with van der Waals surface area (Å²) in [5, 5.41) is 0. The third-order valence-corrected chi connectivity index (χ3v) is 7.80. The number of carbonyl (C=O) groups is 1. The van der Waals surface area contributed by atoms with Gasteiger partial charge in [0.25, 0.3) is 5.91 Å². The third kappa shape index (κ3) is 3.08. The molecule has 1 amide bonds. The second-order valence-corrected chi connectivity index (χ2v) is 9.74. The predicted octanol–water partition coefficient (Wildman–Crippen LogP) is 2.42. The Balaban J connectivity index is 1.71. The van der Waals surface area contributed by atoms with Gasteiger partial charge >= 0.3 is 0 Å². The van der Waals surface area contributed by atoms with Gasteiger partial charge in [-0.1, -0.05) is 24.3 Å². The zero-order chi connectivity index (χ0) is 19.2. The Kier molecular flexibility index (Phi) is 4.60. The van der Waals surface area contributed by atoms with Crippen LogP contribution >= 0.6 is 0 Å². The number of aryl methyl sites for hydroxylation is 1. The van der Waals surface area contributed by atoms with Gasteiger partial charge in [-0.25, -0.2) is 12.7 Å². The molecule has 0 aliphatic carbocycles. The third-order valence-electron chi connectivity index (χ3n) is 5.99. The van der Waals surface area contributed by atoms with E-state index >= 15 is 0 Å². The Bertz CT molecular complexity index is 939. The molecule has 0 saturated carbocycles. The number of aromatic amines is 1. The number of amides is 1. The molecular weight excluding hydrogens is 362 g/mol. The molecule has 0 spiro atoms. The fourth-order valence-corrected chi connectivity index (χ4v) is 5.74. The van der Waals surface area contributed by atoms with Gasteiger partial charge in [0, 0.05) is 31.7 Å². The minimum Gasteiger partial charge on any atom is -0.357 e. The minimum atomic E-state index is -3.21. The molecule has 2 saturated heterocycles. The van der Waals surface area contributed by atoms with E-state index in [9.17, 15) is 13.2 Å². The number of fused-ring (bicyclic) bond motifs is 1. The summed E-state index contributed by atoms with van der Waals surface area (Å²) in [5.74, 6) is 0.376. The number of nitrogens with zero attached hydrogens (tertiary/aromatic N) is 2. The number of sulfonamides is 1. The molecule has 0 radical (unpaired) electrons. The van der Waals surface area contributed by atoms with Crippen molar-refractivity contribution in [1.82, 2.24) is 14.2 Å². The van der Waals surface area contributed by atoms with E-state index in [-0.39, 0.29) is 29.5 Å². The van der Waals surface area contributed by atoms with Crippen molar-refractivity contribution in [3.8, 4) is 0 Å². The van der Waals surface area contributed by atoms with Crippen LogP contribution in [0.15, 0.2) is 42.6 Å². The van der Waals surface area contributed by atoms with Gasteiger partial charge in [0.05, 0.1) is 11.8 Å². The first kappa shape index (κ1) is 18.3. The average Bonchev–Trinajstić information content (AvgIpc) is 3.37. The standard InChI is InChI=1S/C20H25N3O3S/c1-3-27(25,26)22-11-15-12-23(20(24)18-9-6-10-21-18)19(17(15)13-22)16-8-5-4-7-14(16)2/h4-10,15,17,19,21H,3,11-13H2,1-2H3/t15-,17-,19+/m0/s1. The van der Waals surface area contributed by atoms with Crippen molar-refractivity contribution in [3.63, 3.8) is 0 Å². The molecule has 2 fully saturated rings. The molecule has 3 atom stereocenters. The normalized spacial score (nSPS) is 25.7. The van der Waals surface area contributed by atoms with Gasteiger partial charge in [0.15, 0.2) is 0 Å². The molecule has 2 aliphatic rings. The maximum Gasteiger partial charge on any atom is 0.270 e. The summed E-state index contributed by atoms with van der Waals surface area (Å²) in [6.45, 7) is 5.29. The zero-order valence-corrected chi connectivity index (χ0v) is 16.4. The van der Waals surface area contributed by atoms with Crippen molar-refractivity contribution in [2.75, 3.05) is 25.4 Å². The molecule has 4 rings (SSSR count). The van der Waals surface area contributed by atoms with E-state index in [4.69, 9.17) is 0 Å². The van der Waals surface area contributed by atoms with Gasteiger partial charge in [-0.15, -0.1) is 0 Å². The van der Waals surface area contributed by atoms with Crippen LogP contribution in [0, 0.1) is 18.8 Å². The molecule has 1 N–H and O–H groups in total. The molecule has 27 heavy (non-hydrogen) atoms. The topological polar surface area (TPSA) is 73.5 Å². The fourth-order valence-electron chi connectivity index (χ4n) is 4.56. The van der Waals surface area contributed by atoms with Crippen LogP contribution < -0.4 is 0 Å². The number of rotatable bonds is 4. The van der Waals surface area contributed by atoms with Crippen molar-refractivity contribution in [2.24, 2.45) is 11.8 Å². The number of aromatic nitrogens is 1. The van der Waals surface area contributed by atoms with E-state index in [2.05, 4.69) is 24.0 Å². The van der Waals surface area contributed by atoms with E-state index in [1.54, 1.807) is 23.5 Å². The van der Waals surface area contributed by atoms with E-state index in [0.29, 0.717) is 25.3 Å². The molecule has 2 aromatic rings. The SMILES string of the molecule is CCS(=O)(=O)N1C[C@H]2CN(C(=O)c3ccc[nH]3)[C@H](c3ccccc3C)[C@H]2C1. The van der Waals surface area contributed by atoms with E-state index in [1.165, 1.54) is 0 Å². The van der Waals surface area contributed by atoms with Gasteiger partial charge in [-0.05, 0) is 43.0 Å². The largest absolute Gasteiger partial charge is 0.357 e. The highest BCUT2D eigenvalue weighted by atomic mass is 32.2. The quantitative estimate of drug-likeness (QED) is 0.876. The molecule has 2 aliphatic heterocycles.